The number of amides is 1. The summed E-state index contributed by atoms with van der Waals surface area (Å²) in [4.78, 5) is 27.3. The number of halogens is 2. The lowest BCUT2D eigenvalue weighted by atomic mass is 9.83. The van der Waals surface area contributed by atoms with E-state index in [1.54, 1.807) is 51.1 Å². The van der Waals surface area contributed by atoms with E-state index in [0.29, 0.717) is 21.9 Å². The molecule has 6 heteroatoms. The molecule has 3 rings (SSSR count). The molecule has 2 aromatic carbocycles. The van der Waals surface area contributed by atoms with Gasteiger partial charge in [0.15, 0.2) is 0 Å². The number of esters is 1. The molecular weight excluding hydrogens is 393 g/mol. The zero-order valence-corrected chi connectivity index (χ0v) is 17.4. The Morgan fingerprint density at radius 2 is 1.86 bits per heavy atom. The fourth-order valence-corrected chi connectivity index (χ4v) is 3.65. The standard InChI is InChI=1S/C23H23ClFNO3/c1-14(2)29-23(28)22-15(3)26(13-17-6-4-5-7-20(17)25)21(27)12-19(22)16-8-10-18(24)11-9-16/h4-11,14,19H,12-13H2,1-3H3. The van der Waals surface area contributed by atoms with Crippen molar-refractivity contribution >= 4 is 23.5 Å². The van der Waals surface area contributed by atoms with Crippen molar-refractivity contribution in [1.29, 1.82) is 0 Å². The Labute approximate surface area is 174 Å². The van der Waals surface area contributed by atoms with Crippen molar-refractivity contribution in [2.45, 2.75) is 45.8 Å². The van der Waals surface area contributed by atoms with Crippen molar-refractivity contribution in [3.8, 4) is 0 Å². The van der Waals surface area contributed by atoms with Crippen molar-refractivity contribution in [3.63, 3.8) is 0 Å². The van der Waals surface area contributed by atoms with Gasteiger partial charge in [0.05, 0.1) is 18.2 Å². The van der Waals surface area contributed by atoms with Crippen LogP contribution in [-0.2, 0) is 20.9 Å². The number of hydrogen-bond donors (Lipinski definition) is 0. The molecule has 1 atom stereocenters. The summed E-state index contributed by atoms with van der Waals surface area (Å²) in [7, 11) is 0. The van der Waals surface area contributed by atoms with Gasteiger partial charge in [-0.25, -0.2) is 9.18 Å². The van der Waals surface area contributed by atoms with Gasteiger partial charge in [0.25, 0.3) is 0 Å². The normalized spacial score (nSPS) is 17.1. The van der Waals surface area contributed by atoms with Crippen LogP contribution in [0, 0.1) is 5.82 Å². The van der Waals surface area contributed by atoms with Gasteiger partial charge in [-0.3, -0.25) is 4.79 Å². The lowest BCUT2D eigenvalue weighted by Gasteiger charge is -2.35. The molecule has 0 saturated carbocycles. The minimum atomic E-state index is -0.469. The lowest BCUT2D eigenvalue weighted by molar-refractivity contribution is -0.143. The Kier molecular flexibility index (Phi) is 6.38. The maximum atomic E-state index is 14.1. The quantitative estimate of drug-likeness (QED) is 0.629. The molecule has 0 saturated heterocycles. The molecular formula is C23H23ClFNO3. The highest BCUT2D eigenvalue weighted by Gasteiger charge is 2.37. The predicted octanol–water partition coefficient (Wildman–Crippen LogP) is 5.22. The van der Waals surface area contributed by atoms with E-state index < -0.39 is 11.9 Å². The molecule has 4 nitrogen and oxygen atoms in total. The van der Waals surface area contributed by atoms with E-state index in [9.17, 15) is 14.0 Å². The SMILES string of the molecule is CC1=C(C(=O)OC(C)C)C(c2ccc(Cl)cc2)CC(=O)N1Cc1ccccc1F. The number of rotatable bonds is 5. The van der Waals surface area contributed by atoms with Gasteiger partial charge in [0.2, 0.25) is 5.91 Å². The zero-order valence-electron chi connectivity index (χ0n) is 16.6. The molecule has 29 heavy (non-hydrogen) atoms. The molecule has 2 aromatic rings. The number of hydrogen-bond acceptors (Lipinski definition) is 3. The van der Waals surface area contributed by atoms with Crippen molar-refractivity contribution in [2.75, 3.05) is 0 Å². The summed E-state index contributed by atoms with van der Waals surface area (Å²) in [6.45, 7) is 5.31. The highest BCUT2D eigenvalue weighted by molar-refractivity contribution is 6.30. The van der Waals surface area contributed by atoms with Gasteiger partial charge in [-0.1, -0.05) is 41.9 Å². The van der Waals surface area contributed by atoms with Gasteiger partial charge in [-0.05, 0) is 44.5 Å². The number of nitrogens with zero attached hydrogens (tertiary/aromatic N) is 1. The van der Waals surface area contributed by atoms with E-state index in [1.165, 1.54) is 11.0 Å². The Hall–Kier alpha value is -2.66. The third-order valence-electron chi connectivity index (χ3n) is 4.94. The average molecular weight is 416 g/mol. The molecule has 0 aliphatic carbocycles. The van der Waals surface area contributed by atoms with E-state index in [4.69, 9.17) is 16.3 Å². The Morgan fingerprint density at radius 1 is 1.21 bits per heavy atom. The van der Waals surface area contributed by atoms with Crippen LogP contribution in [0.3, 0.4) is 0 Å². The second-order valence-electron chi connectivity index (χ2n) is 7.33. The summed E-state index contributed by atoms with van der Waals surface area (Å²) in [5.74, 6) is -1.47. The largest absolute Gasteiger partial charge is 0.460 e. The fourth-order valence-electron chi connectivity index (χ4n) is 3.52. The summed E-state index contributed by atoms with van der Waals surface area (Å²) in [6.07, 6.45) is -0.207. The van der Waals surface area contributed by atoms with Crippen LogP contribution in [0.15, 0.2) is 59.8 Å². The molecule has 0 radical (unpaired) electrons. The van der Waals surface area contributed by atoms with Crippen LogP contribution in [0.5, 0.6) is 0 Å². The average Bonchev–Trinajstić information content (AvgIpc) is 2.66. The third-order valence-corrected chi connectivity index (χ3v) is 5.20. The van der Waals surface area contributed by atoms with E-state index in [-0.39, 0.29) is 30.8 Å². The van der Waals surface area contributed by atoms with Gasteiger partial charge in [0.1, 0.15) is 5.82 Å². The monoisotopic (exact) mass is 415 g/mol. The molecule has 0 aromatic heterocycles. The molecule has 1 heterocycles. The minimum Gasteiger partial charge on any atom is -0.460 e. The van der Waals surface area contributed by atoms with Gasteiger partial charge < -0.3 is 9.64 Å². The highest BCUT2D eigenvalue weighted by atomic mass is 35.5. The smallest absolute Gasteiger partial charge is 0.336 e. The van der Waals surface area contributed by atoms with E-state index in [2.05, 4.69) is 0 Å². The molecule has 1 aliphatic rings. The number of ether oxygens (including phenoxy) is 1. The number of carbonyl (C=O) groups excluding carboxylic acids is 2. The van der Waals surface area contributed by atoms with Gasteiger partial charge in [-0.15, -0.1) is 0 Å². The fraction of sp³-hybridized carbons (Fsp3) is 0.304. The van der Waals surface area contributed by atoms with Crippen LogP contribution in [0.4, 0.5) is 4.39 Å². The number of allylic oxidation sites excluding steroid dienone is 1. The second kappa shape index (κ2) is 8.78. The Morgan fingerprint density at radius 3 is 2.48 bits per heavy atom. The van der Waals surface area contributed by atoms with Crippen molar-refractivity contribution < 1.29 is 18.7 Å². The van der Waals surface area contributed by atoms with Crippen LogP contribution < -0.4 is 0 Å². The zero-order chi connectivity index (χ0) is 21.1. The van der Waals surface area contributed by atoms with E-state index in [1.807, 2.05) is 12.1 Å². The molecule has 0 bridgehead atoms. The van der Waals surface area contributed by atoms with Crippen molar-refractivity contribution in [3.05, 3.63) is 81.8 Å². The number of carbonyl (C=O) groups is 2. The van der Waals surface area contributed by atoms with Crippen LogP contribution in [0.25, 0.3) is 0 Å². The first-order valence-corrected chi connectivity index (χ1v) is 9.86. The summed E-state index contributed by atoms with van der Waals surface area (Å²) < 4.78 is 19.6. The second-order valence-corrected chi connectivity index (χ2v) is 7.77. The molecule has 0 fully saturated rings. The minimum absolute atomic E-state index is 0.0587. The first-order valence-electron chi connectivity index (χ1n) is 9.49. The molecule has 1 amide bonds. The highest BCUT2D eigenvalue weighted by Crippen LogP contribution is 2.38. The van der Waals surface area contributed by atoms with E-state index >= 15 is 0 Å². The van der Waals surface area contributed by atoms with Crippen LogP contribution in [-0.4, -0.2) is 22.9 Å². The maximum Gasteiger partial charge on any atom is 0.336 e. The summed E-state index contributed by atoms with van der Waals surface area (Å²) in [5.41, 5.74) is 2.09. The molecule has 152 valence electrons. The molecule has 0 spiro atoms. The van der Waals surface area contributed by atoms with Crippen LogP contribution in [0.1, 0.15) is 44.2 Å². The topological polar surface area (TPSA) is 46.6 Å². The molecule has 1 aliphatic heterocycles. The van der Waals surface area contributed by atoms with Crippen LogP contribution in [0.2, 0.25) is 5.02 Å². The lowest BCUT2D eigenvalue weighted by Crippen LogP contribution is -2.38. The summed E-state index contributed by atoms with van der Waals surface area (Å²) >= 11 is 5.99. The van der Waals surface area contributed by atoms with Gasteiger partial charge in [0, 0.05) is 28.6 Å². The molecule has 1 unspecified atom stereocenters. The van der Waals surface area contributed by atoms with E-state index in [0.717, 1.165) is 5.56 Å². The summed E-state index contributed by atoms with van der Waals surface area (Å²) in [6, 6.07) is 13.4. The first-order chi connectivity index (χ1) is 13.8. The Bertz CT molecular complexity index is 953. The molecule has 0 N–H and O–H groups in total. The van der Waals surface area contributed by atoms with Crippen molar-refractivity contribution in [1.82, 2.24) is 4.90 Å². The number of benzene rings is 2. The predicted molar refractivity (Wildman–Crippen MR) is 110 cm³/mol. The Balaban J connectivity index is 2.04. The first kappa shape index (κ1) is 21.1. The van der Waals surface area contributed by atoms with Gasteiger partial charge in [-0.2, -0.15) is 0 Å². The maximum absolute atomic E-state index is 14.1. The van der Waals surface area contributed by atoms with Crippen molar-refractivity contribution in [2.24, 2.45) is 0 Å². The third kappa shape index (κ3) is 4.67. The summed E-state index contributed by atoms with van der Waals surface area (Å²) in [5, 5.41) is 0.573. The van der Waals surface area contributed by atoms with Gasteiger partial charge >= 0.3 is 5.97 Å². The van der Waals surface area contributed by atoms with Crippen LogP contribution >= 0.6 is 11.6 Å².